The van der Waals surface area contributed by atoms with Crippen molar-refractivity contribution in [2.45, 2.75) is 58.0 Å². The van der Waals surface area contributed by atoms with Gasteiger partial charge >= 0.3 is 0 Å². The fourth-order valence-electron chi connectivity index (χ4n) is 3.27. The Bertz CT molecular complexity index is 381. The largest absolute Gasteiger partial charge is 0.374 e. The molecule has 96 valence electrons. The zero-order valence-corrected chi connectivity index (χ0v) is 11.9. The Labute approximate surface area is 107 Å². The molecule has 1 fully saturated rings. The van der Waals surface area contributed by atoms with Crippen molar-refractivity contribution in [3.8, 4) is 0 Å². The Hall–Kier alpha value is -0.680. The van der Waals surface area contributed by atoms with Crippen molar-refractivity contribution < 1.29 is 0 Å². The summed E-state index contributed by atoms with van der Waals surface area (Å²) >= 11 is 1.52. The molecule has 3 N–H and O–H groups in total. The molecule has 0 bridgehead atoms. The molecule has 0 aromatic carbocycles. The zero-order valence-electron chi connectivity index (χ0n) is 11.1. The second kappa shape index (κ2) is 4.21. The van der Waals surface area contributed by atoms with E-state index in [1.807, 2.05) is 0 Å². The number of nitrogen functional groups attached to an aromatic ring is 1. The van der Waals surface area contributed by atoms with Crippen molar-refractivity contribution in [3.63, 3.8) is 0 Å². The number of anilines is 1. The number of nitrogens with two attached hydrogens (primary N) is 1. The van der Waals surface area contributed by atoms with Gasteiger partial charge in [0, 0.05) is 17.5 Å². The molecule has 0 aliphatic carbocycles. The molecule has 4 nitrogen and oxygen atoms in total. The van der Waals surface area contributed by atoms with Gasteiger partial charge in [0.15, 0.2) is 0 Å². The lowest BCUT2D eigenvalue weighted by Crippen LogP contribution is -2.58. The van der Waals surface area contributed by atoms with E-state index in [0.29, 0.717) is 11.0 Å². The predicted octanol–water partition coefficient (Wildman–Crippen LogP) is 2.22. The van der Waals surface area contributed by atoms with Crippen LogP contribution in [0.3, 0.4) is 0 Å². The molecule has 17 heavy (non-hydrogen) atoms. The van der Waals surface area contributed by atoms with Crippen LogP contribution in [0.4, 0.5) is 5.13 Å². The Balaban J connectivity index is 2.06. The highest BCUT2D eigenvalue weighted by molar-refractivity contribution is 7.15. The normalized spacial score (nSPS) is 23.8. The van der Waals surface area contributed by atoms with Gasteiger partial charge in [-0.25, -0.2) is 0 Å². The predicted molar refractivity (Wildman–Crippen MR) is 72.0 cm³/mol. The van der Waals surface area contributed by atoms with Gasteiger partial charge in [-0.3, -0.25) is 0 Å². The first-order chi connectivity index (χ1) is 7.76. The first-order valence-electron chi connectivity index (χ1n) is 6.13. The van der Waals surface area contributed by atoms with Gasteiger partial charge in [-0.1, -0.05) is 11.3 Å². The molecule has 0 unspecified atom stereocenters. The van der Waals surface area contributed by atoms with Crippen molar-refractivity contribution in [2.75, 3.05) is 5.73 Å². The maximum Gasteiger partial charge on any atom is 0.203 e. The Morgan fingerprint density at radius 2 is 1.82 bits per heavy atom. The van der Waals surface area contributed by atoms with E-state index in [4.69, 9.17) is 5.73 Å². The van der Waals surface area contributed by atoms with Gasteiger partial charge in [-0.15, -0.1) is 10.2 Å². The maximum absolute atomic E-state index is 5.62. The average Bonchev–Trinajstić information content (AvgIpc) is 2.44. The minimum absolute atomic E-state index is 0.197. The van der Waals surface area contributed by atoms with E-state index in [0.717, 1.165) is 11.4 Å². The highest BCUT2D eigenvalue weighted by atomic mass is 32.1. The van der Waals surface area contributed by atoms with Gasteiger partial charge in [0.05, 0.1) is 0 Å². The summed E-state index contributed by atoms with van der Waals surface area (Å²) in [4.78, 5) is 0. The number of rotatable bonds is 2. The topological polar surface area (TPSA) is 63.8 Å². The molecular weight excluding hydrogens is 232 g/mol. The van der Waals surface area contributed by atoms with E-state index < -0.39 is 0 Å². The lowest BCUT2D eigenvalue weighted by Gasteiger charge is -2.46. The first kappa shape index (κ1) is 12.8. The van der Waals surface area contributed by atoms with Crippen molar-refractivity contribution >= 4 is 16.5 Å². The molecule has 1 aromatic rings. The summed E-state index contributed by atoms with van der Waals surface area (Å²) in [6.07, 6.45) is 3.36. The van der Waals surface area contributed by atoms with Crippen LogP contribution in [-0.2, 0) is 6.42 Å². The molecule has 1 aliphatic rings. The molecular formula is C12H22N4S. The molecule has 1 saturated heterocycles. The Kier molecular flexibility index (Phi) is 3.16. The van der Waals surface area contributed by atoms with Gasteiger partial charge in [0.25, 0.3) is 0 Å². The number of aromatic nitrogens is 2. The highest BCUT2D eigenvalue weighted by Crippen LogP contribution is 2.35. The van der Waals surface area contributed by atoms with Crippen LogP contribution in [0, 0.1) is 5.92 Å². The lowest BCUT2D eigenvalue weighted by atomic mass is 9.75. The molecule has 1 aromatic heterocycles. The van der Waals surface area contributed by atoms with Crippen LogP contribution in [0.25, 0.3) is 0 Å². The smallest absolute Gasteiger partial charge is 0.203 e. The molecule has 0 saturated carbocycles. The van der Waals surface area contributed by atoms with Crippen LogP contribution in [-0.4, -0.2) is 21.3 Å². The van der Waals surface area contributed by atoms with Gasteiger partial charge in [-0.2, -0.15) is 0 Å². The van der Waals surface area contributed by atoms with Gasteiger partial charge in [-0.05, 0) is 46.5 Å². The molecule has 0 spiro atoms. The van der Waals surface area contributed by atoms with Gasteiger partial charge in [0.2, 0.25) is 5.13 Å². The van der Waals surface area contributed by atoms with Crippen molar-refractivity contribution in [2.24, 2.45) is 5.92 Å². The SMILES string of the molecule is CC1(C)CC(Cc2nnc(N)s2)CC(C)(C)N1. The van der Waals surface area contributed by atoms with E-state index in [2.05, 4.69) is 43.2 Å². The molecule has 2 rings (SSSR count). The highest BCUT2D eigenvalue weighted by Gasteiger charge is 2.37. The fraction of sp³-hybridized carbons (Fsp3) is 0.833. The summed E-state index contributed by atoms with van der Waals surface area (Å²) in [5.41, 5.74) is 6.02. The van der Waals surface area contributed by atoms with Gasteiger partial charge < -0.3 is 11.1 Å². The fourth-order valence-corrected chi connectivity index (χ4v) is 4.00. The van der Waals surface area contributed by atoms with Crippen LogP contribution in [0.2, 0.25) is 0 Å². The van der Waals surface area contributed by atoms with E-state index in [1.165, 1.54) is 24.2 Å². The standard InChI is InChI=1S/C12H22N4S/c1-11(2)6-8(7-12(3,4)16-11)5-9-14-15-10(13)17-9/h8,16H,5-7H2,1-4H3,(H2,13,15). The van der Waals surface area contributed by atoms with Crippen LogP contribution in [0.5, 0.6) is 0 Å². The number of hydrogen-bond acceptors (Lipinski definition) is 5. The summed E-state index contributed by atoms with van der Waals surface area (Å²) in [6, 6.07) is 0. The van der Waals surface area contributed by atoms with Crippen molar-refractivity contribution in [1.82, 2.24) is 15.5 Å². The van der Waals surface area contributed by atoms with E-state index in [9.17, 15) is 0 Å². The molecule has 2 heterocycles. The number of hydrogen-bond donors (Lipinski definition) is 2. The van der Waals surface area contributed by atoms with Crippen LogP contribution in [0.15, 0.2) is 0 Å². The molecule has 0 atom stereocenters. The average molecular weight is 254 g/mol. The monoisotopic (exact) mass is 254 g/mol. The second-order valence-corrected chi connectivity index (χ2v) is 7.50. The summed E-state index contributed by atoms with van der Waals surface area (Å²) in [5, 5.41) is 13.4. The number of nitrogens with zero attached hydrogens (tertiary/aromatic N) is 2. The number of nitrogens with one attached hydrogen (secondary N) is 1. The summed E-state index contributed by atoms with van der Waals surface area (Å²) in [6.45, 7) is 9.09. The molecule has 0 amide bonds. The minimum Gasteiger partial charge on any atom is -0.374 e. The quantitative estimate of drug-likeness (QED) is 0.849. The van der Waals surface area contributed by atoms with Crippen molar-refractivity contribution in [1.29, 1.82) is 0 Å². The third-order valence-electron chi connectivity index (χ3n) is 3.22. The van der Waals surface area contributed by atoms with E-state index >= 15 is 0 Å². The molecule has 5 heteroatoms. The van der Waals surface area contributed by atoms with Gasteiger partial charge in [0.1, 0.15) is 5.01 Å². The maximum atomic E-state index is 5.62. The van der Waals surface area contributed by atoms with E-state index in [-0.39, 0.29) is 11.1 Å². The Morgan fingerprint density at radius 3 is 2.29 bits per heavy atom. The Morgan fingerprint density at radius 1 is 1.24 bits per heavy atom. The summed E-state index contributed by atoms with van der Waals surface area (Å²) in [5.74, 6) is 0.661. The summed E-state index contributed by atoms with van der Waals surface area (Å²) in [7, 11) is 0. The molecule has 1 aliphatic heterocycles. The minimum atomic E-state index is 0.197. The zero-order chi connectivity index (χ0) is 12.7. The van der Waals surface area contributed by atoms with Crippen LogP contribution < -0.4 is 11.1 Å². The third-order valence-corrected chi connectivity index (χ3v) is 4.00. The van der Waals surface area contributed by atoms with Crippen LogP contribution >= 0.6 is 11.3 Å². The third kappa shape index (κ3) is 3.39. The summed E-state index contributed by atoms with van der Waals surface area (Å²) < 4.78 is 0. The lowest BCUT2D eigenvalue weighted by molar-refractivity contribution is 0.128. The second-order valence-electron chi connectivity index (χ2n) is 6.41. The van der Waals surface area contributed by atoms with Crippen LogP contribution in [0.1, 0.15) is 45.5 Å². The number of piperidine rings is 1. The molecule has 0 radical (unpaired) electrons. The van der Waals surface area contributed by atoms with Crippen molar-refractivity contribution in [3.05, 3.63) is 5.01 Å². The first-order valence-corrected chi connectivity index (χ1v) is 6.95. The van der Waals surface area contributed by atoms with E-state index in [1.54, 1.807) is 0 Å².